The lowest BCUT2D eigenvalue weighted by molar-refractivity contribution is 1.66. The molecule has 18 aromatic carbocycles. The van der Waals surface area contributed by atoms with Crippen LogP contribution in [0.5, 0.6) is 0 Å². The Bertz CT molecular complexity index is 5910. The zero-order chi connectivity index (χ0) is 57.6. The summed E-state index contributed by atoms with van der Waals surface area (Å²) in [7, 11) is 0. The normalized spacial score (nSPS) is 12.1. The molecule has 0 aliphatic heterocycles. The van der Waals surface area contributed by atoms with E-state index in [-0.39, 0.29) is 0 Å². The molecule has 404 valence electrons. The molecule has 0 saturated heterocycles. The predicted molar refractivity (Wildman–Crippen MR) is 379 cm³/mol. The van der Waals surface area contributed by atoms with Crippen molar-refractivity contribution in [1.82, 2.24) is 0 Å². The van der Waals surface area contributed by atoms with E-state index in [0.717, 1.165) is 0 Å². The zero-order valence-electron chi connectivity index (χ0n) is 48.0. The maximum Gasteiger partial charge on any atom is -0.00201 e. The first-order valence-electron chi connectivity index (χ1n) is 30.7. The molecule has 18 aromatic rings. The van der Waals surface area contributed by atoms with Crippen LogP contribution in [0.4, 0.5) is 0 Å². The summed E-state index contributed by atoms with van der Waals surface area (Å²) in [5.74, 6) is 0. The second-order valence-corrected chi connectivity index (χ2v) is 24.0. The summed E-state index contributed by atoms with van der Waals surface area (Å²) in [4.78, 5) is 0. The molecule has 0 nitrogen and oxygen atoms in total. The van der Waals surface area contributed by atoms with E-state index >= 15 is 0 Å². The molecule has 0 atom stereocenters. The summed E-state index contributed by atoms with van der Waals surface area (Å²) in [5.41, 5.74) is 21.0. The minimum Gasteiger partial charge on any atom is -0.0616 e. The van der Waals surface area contributed by atoms with Gasteiger partial charge in [-0.05, 0) is 203 Å². The fraction of sp³-hybridized carbons (Fsp3) is 0. The second kappa shape index (κ2) is 19.0. The summed E-state index contributed by atoms with van der Waals surface area (Å²) in [6.45, 7) is 0. The molecule has 0 fully saturated rings. The van der Waals surface area contributed by atoms with Crippen molar-refractivity contribution in [2.24, 2.45) is 0 Å². The number of hydrogen-bond donors (Lipinski definition) is 0. The Morgan fingerprint density at radius 1 is 0.125 bits per heavy atom. The van der Waals surface area contributed by atoms with E-state index in [1.54, 1.807) is 0 Å². The van der Waals surface area contributed by atoms with Gasteiger partial charge in [0.15, 0.2) is 0 Å². The Morgan fingerprint density at radius 3 is 0.909 bits per heavy atom. The third kappa shape index (κ3) is 7.03. The Balaban J connectivity index is 0.000000128. The minimum absolute atomic E-state index is 1.26. The van der Waals surface area contributed by atoms with Crippen molar-refractivity contribution in [3.8, 4) is 89.0 Å². The molecule has 0 heteroatoms. The van der Waals surface area contributed by atoms with Crippen LogP contribution in [0, 0.1) is 0 Å². The molecule has 0 radical (unpaired) electrons. The number of rotatable bonds is 4. The van der Waals surface area contributed by atoms with Crippen molar-refractivity contribution < 1.29 is 0 Å². The molecule has 88 heavy (non-hydrogen) atoms. The summed E-state index contributed by atoms with van der Waals surface area (Å²) < 4.78 is 0. The Hall–Kier alpha value is -11.4. The van der Waals surface area contributed by atoms with Gasteiger partial charge in [0.05, 0.1) is 0 Å². The summed E-state index contributed by atoms with van der Waals surface area (Å²) in [6, 6.07) is 117. The van der Waals surface area contributed by atoms with Crippen molar-refractivity contribution >= 4 is 108 Å². The SMILES string of the molecule is c1cc2c3c(cccc3c1)-c1cc(-c3c4ccccc4c(-c4cccc5c4ccc4ccccc45)c4ccccc34)ccc1-2.c1ccc2c(c1)-c1cccc3c(-c4c5ccccc5c(-c5cccc6c5ccc5ccccc56)c5ccccc45)ccc-2c13. The van der Waals surface area contributed by atoms with Crippen LogP contribution in [0.15, 0.2) is 315 Å². The van der Waals surface area contributed by atoms with E-state index in [1.165, 1.54) is 197 Å². The van der Waals surface area contributed by atoms with Gasteiger partial charge in [0, 0.05) is 0 Å². The molecule has 0 spiro atoms. The molecule has 2 aliphatic carbocycles. The quantitative estimate of drug-likeness (QED) is 0.122. The highest BCUT2D eigenvalue weighted by molar-refractivity contribution is 6.29. The second-order valence-electron chi connectivity index (χ2n) is 24.0. The average molecular weight is 1110 g/mol. The van der Waals surface area contributed by atoms with E-state index < -0.39 is 0 Å². The number of benzene rings is 18. The zero-order valence-corrected chi connectivity index (χ0v) is 48.0. The van der Waals surface area contributed by atoms with Crippen LogP contribution in [-0.2, 0) is 0 Å². The monoisotopic (exact) mass is 1110 g/mol. The average Bonchev–Trinajstić information content (AvgIpc) is 3.17. The molecule has 0 unspecified atom stereocenters. The van der Waals surface area contributed by atoms with Crippen molar-refractivity contribution in [2.45, 2.75) is 0 Å². The number of fused-ring (bicyclic) bond motifs is 16. The van der Waals surface area contributed by atoms with E-state index in [0.29, 0.717) is 0 Å². The smallest absolute Gasteiger partial charge is 0.00201 e. The summed E-state index contributed by atoms with van der Waals surface area (Å²) in [6.07, 6.45) is 0. The first-order valence-corrected chi connectivity index (χ1v) is 30.7. The van der Waals surface area contributed by atoms with Crippen molar-refractivity contribution in [3.05, 3.63) is 315 Å². The minimum atomic E-state index is 1.26. The van der Waals surface area contributed by atoms with Crippen LogP contribution in [0.2, 0.25) is 0 Å². The van der Waals surface area contributed by atoms with Crippen LogP contribution in [-0.4, -0.2) is 0 Å². The maximum absolute atomic E-state index is 2.43. The summed E-state index contributed by atoms with van der Waals surface area (Å²) in [5, 5.41) is 26.0. The van der Waals surface area contributed by atoms with Gasteiger partial charge in [-0.15, -0.1) is 0 Å². The Labute approximate surface area is 509 Å². The van der Waals surface area contributed by atoms with Crippen molar-refractivity contribution in [2.75, 3.05) is 0 Å². The van der Waals surface area contributed by atoms with Crippen LogP contribution in [0.25, 0.3) is 197 Å². The molecule has 0 aromatic heterocycles. The Kier molecular flexibility index (Phi) is 10.6. The van der Waals surface area contributed by atoms with Gasteiger partial charge < -0.3 is 0 Å². The van der Waals surface area contributed by atoms with Gasteiger partial charge >= 0.3 is 0 Å². The topological polar surface area (TPSA) is 0 Å². The highest BCUT2D eigenvalue weighted by Gasteiger charge is 2.27. The predicted octanol–water partition coefficient (Wildman–Crippen LogP) is 24.9. The molecule has 2 aliphatic rings. The molecule has 0 bridgehead atoms. The molecular formula is C88H52. The van der Waals surface area contributed by atoms with Crippen molar-refractivity contribution in [3.63, 3.8) is 0 Å². The standard InChI is InChI=1S/2C44H26/c1-2-13-30-27(10-1)22-24-32-31(30)18-9-21-35(32)44-38-16-5-3-14-36(38)43(37-15-4-6-17-39(37)44)29-23-25-33-34-19-7-11-28-12-8-20-40(42(28)34)41(33)26-29;1-2-12-28-27(11-1)23-24-32-29(28)19-9-20-34(32)42-35-15-5-7-17-37(35)44(38-18-8-6-16-36(38)42)41-26-25-40-31-14-4-3-13-30(31)33-21-10-22-39(41)43(33)40/h2*1-26H. The Morgan fingerprint density at radius 2 is 0.420 bits per heavy atom. The van der Waals surface area contributed by atoms with Gasteiger partial charge in [-0.3, -0.25) is 0 Å². The molecule has 20 rings (SSSR count). The van der Waals surface area contributed by atoms with Gasteiger partial charge in [-0.1, -0.05) is 309 Å². The van der Waals surface area contributed by atoms with E-state index in [4.69, 9.17) is 0 Å². The highest BCUT2D eigenvalue weighted by atomic mass is 14.3. The third-order valence-corrected chi connectivity index (χ3v) is 19.6. The van der Waals surface area contributed by atoms with Gasteiger partial charge in [-0.25, -0.2) is 0 Å². The molecule has 0 amide bonds. The van der Waals surface area contributed by atoms with Crippen molar-refractivity contribution in [1.29, 1.82) is 0 Å². The maximum atomic E-state index is 2.43. The van der Waals surface area contributed by atoms with E-state index in [1.807, 2.05) is 0 Å². The summed E-state index contributed by atoms with van der Waals surface area (Å²) >= 11 is 0. The lowest BCUT2D eigenvalue weighted by Gasteiger charge is -2.20. The van der Waals surface area contributed by atoms with Gasteiger partial charge in [-0.2, -0.15) is 0 Å². The lowest BCUT2D eigenvalue weighted by Crippen LogP contribution is -1.92. The fourth-order valence-electron chi connectivity index (χ4n) is 15.9. The van der Waals surface area contributed by atoms with Gasteiger partial charge in [0.2, 0.25) is 0 Å². The van der Waals surface area contributed by atoms with Crippen LogP contribution in [0.3, 0.4) is 0 Å². The van der Waals surface area contributed by atoms with E-state index in [2.05, 4.69) is 315 Å². The largest absolute Gasteiger partial charge is 0.0616 e. The molecule has 0 N–H and O–H groups in total. The number of hydrogen-bond acceptors (Lipinski definition) is 0. The van der Waals surface area contributed by atoms with Crippen LogP contribution >= 0.6 is 0 Å². The fourth-order valence-corrected chi connectivity index (χ4v) is 15.9. The van der Waals surface area contributed by atoms with Crippen LogP contribution < -0.4 is 0 Å². The van der Waals surface area contributed by atoms with Crippen LogP contribution in [0.1, 0.15) is 0 Å². The highest BCUT2D eigenvalue weighted by Crippen LogP contribution is 2.54. The molecular weight excluding hydrogens is 1060 g/mol. The van der Waals surface area contributed by atoms with E-state index in [9.17, 15) is 0 Å². The van der Waals surface area contributed by atoms with Gasteiger partial charge in [0.25, 0.3) is 0 Å². The molecule has 0 saturated carbocycles. The first-order chi connectivity index (χ1) is 43.7. The van der Waals surface area contributed by atoms with Gasteiger partial charge in [0.1, 0.15) is 0 Å². The third-order valence-electron chi connectivity index (χ3n) is 19.6. The lowest BCUT2D eigenvalue weighted by atomic mass is 9.83. The molecule has 0 heterocycles. The first kappa shape index (κ1) is 48.9.